The van der Waals surface area contributed by atoms with Gasteiger partial charge >= 0.3 is 0 Å². The van der Waals surface area contributed by atoms with Gasteiger partial charge < -0.3 is 19.7 Å². The Balaban J connectivity index is 1.77. The fourth-order valence-electron chi connectivity index (χ4n) is 2.40. The lowest BCUT2D eigenvalue weighted by molar-refractivity contribution is -0.0442. The molecule has 1 atom stereocenters. The molecule has 1 fully saturated rings. The average molecular weight is 313 g/mol. The van der Waals surface area contributed by atoms with E-state index in [4.69, 9.17) is 9.47 Å². The molecule has 0 amide bonds. The molecule has 0 aromatic carbocycles. The predicted octanol–water partition coefficient (Wildman–Crippen LogP) is 2.25. The van der Waals surface area contributed by atoms with Crippen LogP contribution in [0.25, 0.3) is 0 Å². The number of aromatic nitrogens is 1. The molecule has 1 N–H and O–H groups in total. The maximum absolute atomic E-state index is 5.47. The summed E-state index contributed by atoms with van der Waals surface area (Å²) in [4.78, 5) is 7.92. The molecule has 0 spiro atoms. The molecular formula is C15H27N3O2S. The Hall–Kier alpha value is -0.530. The van der Waals surface area contributed by atoms with E-state index < -0.39 is 0 Å². The molecule has 6 heteroatoms. The molecule has 5 nitrogen and oxygen atoms in total. The van der Waals surface area contributed by atoms with E-state index >= 15 is 0 Å². The van der Waals surface area contributed by atoms with Gasteiger partial charge in [0.1, 0.15) is 5.01 Å². The van der Waals surface area contributed by atoms with E-state index in [-0.39, 0.29) is 6.29 Å². The van der Waals surface area contributed by atoms with Crippen LogP contribution < -0.4 is 5.32 Å². The molecule has 0 radical (unpaired) electrons. The molecule has 0 aliphatic carbocycles. The van der Waals surface area contributed by atoms with Gasteiger partial charge in [-0.25, -0.2) is 4.98 Å². The van der Waals surface area contributed by atoms with Crippen molar-refractivity contribution in [3.8, 4) is 0 Å². The number of nitrogens with zero attached hydrogens (tertiary/aromatic N) is 2. The molecule has 1 aliphatic rings. The van der Waals surface area contributed by atoms with Gasteiger partial charge in [-0.05, 0) is 26.4 Å². The highest BCUT2D eigenvalue weighted by Gasteiger charge is 2.21. The minimum atomic E-state index is -0.251. The molecular weight excluding hydrogens is 286 g/mol. The number of hydrogen-bond acceptors (Lipinski definition) is 6. The summed E-state index contributed by atoms with van der Waals surface area (Å²) in [7, 11) is 4.29. The van der Waals surface area contributed by atoms with Crippen molar-refractivity contribution in [2.24, 2.45) is 5.92 Å². The van der Waals surface area contributed by atoms with Crippen molar-refractivity contribution < 1.29 is 9.47 Å². The summed E-state index contributed by atoms with van der Waals surface area (Å²) >= 11 is 1.67. The summed E-state index contributed by atoms with van der Waals surface area (Å²) < 4.78 is 10.9. The van der Waals surface area contributed by atoms with Gasteiger partial charge in [-0.1, -0.05) is 13.8 Å². The number of thiazole rings is 1. The maximum atomic E-state index is 5.47. The number of nitrogens with one attached hydrogen (secondary N) is 1. The standard InChI is InChI=1S/C15H27N3O2S/c1-11(2)7-12(18(3)4)8-16-9-13-10-17-14(21-13)15-19-5-6-20-15/h10-12,15-16H,5-9H2,1-4H3. The zero-order chi connectivity index (χ0) is 15.2. The molecule has 2 heterocycles. The first-order valence-electron chi connectivity index (χ1n) is 7.61. The monoisotopic (exact) mass is 313 g/mol. The zero-order valence-corrected chi connectivity index (χ0v) is 14.3. The van der Waals surface area contributed by atoms with E-state index in [1.807, 2.05) is 6.20 Å². The highest BCUT2D eigenvalue weighted by Crippen LogP contribution is 2.27. The summed E-state index contributed by atoms with van der Waals surface area (Å²) in [6, 6.07) is 0.568. The van der Waals surface area contributed by atoms with Crippen LogP contribution in [0, 0.1) is 5.92 Å². The minimum Gasteiger partial charge on any atom is -0.344 e. The lowest BCUT2D eigenvalue weighted by Crippen LogP contribution is -2.38. The van der Waals surface area contributed by atoms with Gasteiger partial charge in [0, 0.05) is 30.2 Å². The quantitative estimate of drug-likeness (QED) is 0.797. The van der Waals surface area contributed by atoms with Crippen molar-refractivity contribution in [3.05, 3.63) is 16.1 Å². The second-order valence-corrected chi connectivity index (χ2v) is 7.26. The van der Waals surface area contributed by atoms with Gasteiger partial charge in [-0.15, -0.1) is 11.3 Å². The highest BCUT2D eigenvalue weighted by molar-refractivity contribution is 7.11. The predicted molar refractivity (Wildman–Crippen MR) is 85.4 cm³/mol. The van der Waals surface area contributed by atoms with Crippen LogP contribution in [0.1, 0.15) is 36.4 Å². The molecule has 0 saturated carbocycles. The van der Waals surface area contributed by atoms with E-state index in [0.29, 0.717) is 25.2 Å². The summed E-state index contributed by atoms with van der Waals surface area (Å²) in [6.07, 6.45) is 2.88. The zero-order valence-electron chi connectivity index (χ0n) is 13.5. The van der Waals surface area contributed by atoms with Gasteiger partial charge in [0.2, 0.25) is 6.29 Å². The molecule has 0 bridgehead atoms. The molecule has 1 aliphatic heterocycles. The fourth-order valence-corrected chi connectivity index (χ4v) is 3.28. The lowest BCUT2D eigenvalue weighted by Gasteiger charge is -2.26. The Morgan fingerprint density at radius 1 is 1.38 bits per heavy atom. The van der Waals surface area contributed by atoms with E-state index in [0.717, 1.165) is 18.1 Å². The first kappa shape index (κ1) is 16.8. The second kappa shape index (κ2) is 8.19. The van der Waals surface area contributed by atoms with E-state index in [1.54, 1.807) is 11.3 Å². The van der Waals surface area contributed by atoms with Crippen molar-refractivity contribution in [1.29, 1.82) is 0 Å². The third-order valence-electron chi connectivity index (χ3n) is 3.55. The van der Waals surface area contributed by atoms with E-state index in [1.165, 1.54) is 11.3 Å². The third kappa shape index (κ3) is 5.30. The molecule has 2 rings (SSSR count). The number of hydrogen-bond donors (Lipinski definition) is 1. The van der Waals surface area contributed by atoms with Gasteiger partial charge in [0.05, 0.1) is 13.2 Å². The van der Waals surface area contributed by atoms with Crippen molar-refractivity contribution in [3.63, 3.8) is 0 Å². The molecule has 1 saturated heterocycles. The SMILES string of the molecule is CC(C)CC(CNCc1cnc(C2OCCO2)s1)N(C)C. The van der Waals surface area contributed by atoms with Crippen LogP contribution in [-0.4, -0.2) is 49.8 Å². The fraction of sp³-hybridized carbons (Fsp3) is 0.800. The van der Waals surface area contributed by atoms with Crippen LogP contribution >= 0.6 is 11.3 Å². The minimum absolute atomic E-state index is 0.251. The third-order valence-corrected chi connectivity index (χ3v) is 4.57. The van der Waals surface area contributed by atoms with Crippen molar-refractivity contribution in [2.75, 3.05) is 33.9 Å². The topological polar surface area (TPSA) is 46.6 Å². The largest absolute Gasteiger partial charge is 0.344 e. The van der Waals surface area contributed by atoms with Gasteiger partial charge in [0.25, 0.3) is 0 Å². The van der Waals surface area contributed by atoms with Gasteiger partial charge in [-0.3, -0.25) is 0 Å². The average Bonchev–Trinajstić information content (AvgIpc) is 3.07. The smallest absolute Gasteiger partial charge is 0.211 e. The lowest BCUT2D eigenvalue weighted by atomic mass is 10.0. The summed E-state index contributed by atoms with van der Waals surface area (Å²) in [5.74, 6) is 0.714. The Morgan fingerprint density at radius 3 is 2.71 bits per heavy atom. The Morgan fingerprint density at radius 2 is 2.10 bits per heavy atom. The summed E-state index contributed by atoms with van der Waals surface area (Å²) in [5, 5.41) is 4.47. The number of rotatable bonds is 8. The highest BCUT2D eigenvalue weighted by atomic mass is 32.1. The second-order valence-electron chi connectivity index (χ2n) is 6.12. The molecule has 1 aromatic rings. The van der Waals surface area contributed by atoms with Crippen LogP contribution in [0.3, 0.4) is 0 Å². The molecule has 1 unspecified atom stereocenters. The first-order valence-corrected chi connectivity index (χ1v) is 8.43. The van der Waals surface area contributed by atoms with E-state index in [2.05, 4.69) is 43.1 Å². The van der Waals surface area contributed by atoms with Gasteiger partial charge in [0.15, 0.2) is 0 Å². The first-order chi connectivity index (χ1) is 10.1. The number of ether oxygens (including phenoxy) is 2. The van der Waals surface area contributed by atoms with Crippen LogP contribution in [0.15, 0.2) is 6.20 Å². The Bertz CT molecular complexity index is 417. The summed E-state index contributed by atoms with van der Waals surface area (Å²) in [5.41, 5.74) is 0. The summed E-state index contributed by atoms with van der Waals surface area (Å²) in [6.45, 7) is 7.72. The Labute approximate surface area is 131 Å². The van der Waals surface area contributed by atoms with Crippen molar-refractivity contribution in [2.45, 2.75) is 39.1 Å². The van der Waals surface area contributed by atoms with E-state index in [9.17, 15) is 0 Å². The van der Waals surface area contributed by atoms with Gasteiger partial charge in [-0.2, -0.15) is 0 Å². The molecule has 120 valence electrons. The maximum Gasteiger partial charge on any atom is 0.211 e. The molecule has 1 aromatic heterocycles. The van der Waals surface area contributed by atoms with Crippen molar-refractivity contribution >= 4 is 11.3 Å². The number of likely N-dealkylation sites (N-methyl/N-ethyl adjacent to an activating group) is 1. The molecule has 21 heavy (non-hydrogen) atoms. The van der Waals surface area contributed by atoms with Crippen LogP contribution in [0.5, 0.6) is 0 Å². The van der Waals surface area contributed by atoms with Crippen LogP contribution in [-0.2, 0) is 16.0 Å². The van der Waals surface area contributed by atoms with Crippen molar-refractivity contribution in [1.82, 2.24) is 15.2 Å². The normalized spacial score (nSPS) is 18.0. The van der Waals surface area contributed by atoms with Crippen LogP contribution in [0.4, 0.5) is 0 Å². The van der Waals surface area contributed by atoms with Crippen LogP contribution in [0.2, 0.25) is 0 Å². The Kier molecular flexibility index (Phi) is 6.57.